The molecule has 2 aliphatic heterocycles. The van der Waals surface area contributed by atoms with Crippen molar-refractivity contribution in [2.75, 3.05) is 13.9 Å². The number of hydrogen-bond donors (Lipinski definition) is 0. The van der Waals surface area contributed by atoms with Crippen LogP contribution in [0, 0.1) is 15.9 Å². The molecule has 0 saturated heterocycles. The fourth-order valence-electron chi connectivity index (χ4n) is 3.37. The Bertz CT molecular complexity index is 1040. The first-order chi connectivity index (χ1) is 13.9. The largest absolute Gasteiger partial charge is 0.466 e. The van der Waals surface area contributed by atoms with Crippen LogP contribution in [0.15, 0.2) is 41.6 Å². The maximum Gasteiger partial charge on any atom is 0.353 e. The molecule has 2 aliphatic rings. The minimum absolute atomic E-state index is 0.0604. The lowest BCUT2D eigenvalue weighted by molar-refractivity contribution is -0.385. The minimum Gasteiger partial charge on any atom is -0.466 e. The highest BCUT2D eigenvalue weighted by Crippen LogP contribution is 2.41. The number of nitrogens with zero attached hydrogens (tertiary/aromatic N) is 2. The van der Waals surface area contributed by atoms with Gasteiger partial charge in [-0.25, -0.2) is 9.18 Å². The van der Waals surface area contributed by atoms with Gasteiger partial charge in [0.1, 0.15) is 5.82 Å². The zero-order chi connectivity index (χ0) is 20.6. The zero-order valence-corrected chi connectivity index (χ0v) is 15.2. The van der Waals surface area contributed by atoms with Crippen LogP contribution in [0.4, 0.5) is 10.1 Å². The lowest BCUT2D eigenvalue weighted by atomic mass is 9.87. The van der Waals surface area contributed by atoms with Crippen molar-refractivity contribution < 1.29 is 33.2 Å². The number of nitro groups is 1. The van der Waals surface area contributed by atoms with Crippen molar-refractivity contribution in [2.24, 2.45) is 5.16 Å². The van der Waals surface area contributed by atoms with Gasteiger partial charge < -0.3 is 19.0 Å². The molecule has 0 radical (unpaired) electrons. The Balaban J connectivity index is 1.71. The van der Waals surface area contributed by atoms with Gasteiger partial charge in [-0.2, -0.15) is 0 Å². The SMILES string of the molecule is COC(=O)C1(Cc2cc3c(cc2[N+](=O)[O-])OCO3)CC(c2ccccc2F)=NO1. The number of carbonyl (C=O) groups is 1. The third kappa shape index (κ3) is 3.22. The van der Waals surface area contributed by atoms with E-state index >= 15 is 0 Å². The van der Waals surface area contributed by atoms with E-state index in [9.17, 15) is 19.3 Å². The van der Waals surface area contributed by atoms with Gasteiger partial charge in [-0.1, -0.05) is 23.4 Å². The normalized spacial score (nSPS) is 19.4. The van der Waals surface area contributed by atoms with Crippen molar-refractivity contribution in [3.63, 3.8) is 0 Å². The Labute approximate surface area is 163 Å². The number of carbonyl (C=O) groups excluding carboxylic acids is 1. The topological polar surface area (TPSA) is 109 Å². The van der Waals surface area contributed by atoms with E-state index in [4.69, 9.17) is 19.0 Å². The third-order valence-electron chi connectivity index (χ3n) is 4.77. The molecule has 29 heavy (non-hydrogen) atoms. The van der Waals surface area contributed by atoms with Gasteiger partial charge in [0.25, 0.3) is 5.69 Å². The number of ether oxygens (including phenoxy) is 3. The van der Waals surface area contributed by atoms with Crippen molar-refractivity contribution in [3.8, 4) is 11.5 Å². The molecule has 9 nitrogen and oxygen atoms in total. The van der Waals surface area contributed by atoms with Gasteiger partial charge in [0.2, 0.25) is 12.4 Å². The molecule has 1 atom stereocenters. The molecular formula is C19H15FN2O7. The number of nitro benzene ring substituents is 1. The Hall–Kier alpha value is -3.69. The van der Waals surface area contributed by atoms with Gasteiger partial charge in [0, 0.05) is 24.0 Å². The molecule has 2 heterocycles. The van der Waals surface area contributed by atoms with Crippen molar-refractivity contribution in [2.45, 2.75) is 18.4 Å². The molecule has 2 aromatic carbocycles. The Morgan fingerprint density at radius 2 is 2.03 bits per heavy atom. The molecule has 0 aromatic heterocycles. The van der Waals surface area contributed by atoms with Gasteiger partial charge in [-0.3, -0.25) is 10.1 Å². The van der Waals surface area contributed by atoms with Gasteiger partial charge in [-0.15, -0.1) is 0 Å². The Kier molecular flexibility index (Phi) is 4.53. The Morgan fingerprint density at radius 1 is 1.31 bits per heavy atom. The van der Waals surface area contributed by atoms with Gasteiger partial charge in [-0.05, 0) is 12.1 Å². The molecule has 0 saturated carbocycles. The monoisotopic (exact) mass is 402 g/mol. The maximum atomic E-state index is 14.2. The van der Waals surface area contributed by atoms with Crippen LogP contribution in [0.25, 0.3) is 0 Å². The van der Waals surface area contributed by atoms with Crippen LogP contribution < -0.4 is 9.47 Å². The standard InChI is InChI=1S/C19H15FN2O7/c1-26-18(23)19(9-14(21-29-19)12-4-2-3-5-13(12)20)8-11-6-16-17(28-10-27-16)7-15(11)22(24)25/h2-7H,8-10H2,1H3. The fraction of sp³-hybridized carbons (Fsp3) is 0.263. The van der Waals surface area contributed by atoms with Gasteiger partial charge in [0.05, 0.1) is 23.8 Å². The summed E-state index contributed by atoms with van der Waals surface area (Å²) >= 11 is 0. The van der Waals surface area contributed by atoms with E-state index in [-0.39, 0.29) is 47.9 Å². The summed E-state index contributed by atoms with van der Waals surface area (Å²) < 4.78 is 29.5. The van der Waals surface area contributed by atoms with Crippen LogP contribution in [-0.4, -0.2) is 36.1 Å². The molecule has 10 heteroatoms. The van der Waals surface area contributed by atoms with Crippen molar-refractivity contribution in [1.82, 2.24) is 0 Å². The summed E-state index contributed by atoms with van der Waals surface area (Å²) in [6.07, 6.45) is -0.347. The number of fused-ring (bicyclic) bond motifs is 1. The van der Waals surface area contributed by atoms with Crippen LogP contribution in [0.5, 0.6) is 11.5 Å². The van der Waals surface area contributed by atoms with Crippen LogP contribution in [0.3, 0.4) is 0 Å². The summed E-state index contributed by atoms with van der Waals surface area (Å²) in [6.45, 7) is -0.0604. The second-order valence-electron chi connectivity index (χ2n) is 6.54. The molecule has 1 unspecified atom stereocenters. The average Bonchev–Trinajstić information content (AvgIpc) is 3.34. The first-order valence-corrected chi connectivity index (χ1v) is 8.59. The highest BCUT2D eigenvalue weighted by atomic mass is 19.1. The van der Waals surface area contributed by atoms with Crippen LogP contribution >= 0.6 is 0 Å². The molecule has 0 spiro atoms. The van der Waals surface area contributed by atoms with E-state index in [0.29, 0.717) is 5.75 Å². The lowest BCUT2D eigenvalue weighted by Gasteiger charge is -2.23. The van der Waals surface area contributed by atoms with Crippen molar-refractivity contribution >= 4 is 17.4 Å². The van der Waals surface area contributed by atoms with E-state index in [2.05, 4.69) is 5.16 Å². The number of hydrogen-bond acceptors (Lipinski definition) is 8. The molecule has 0 N–H and O–H groups in total. The van der Waals surface area contributed by atoms with Crippen LogP contribution in [0.2, 0.25) is 0 Å². The number of esters is 1. The van der Waals surface area contributed by atoms with E-state index in [1.54, 1.807) is 6.07 Å². The molecular weight excluding hydrogens is 387 g/mol. The summed E-state index contributed by atoms with van der Waals surface area (Å²) in [5.41, 5.74) is -1.38. The molecule has 2 aromatic rings. The molecule has 150 valence electrons. The predicted octanol–water partition coefficient (Wildman–Crippen LogP) is 2.74. The van der Waals surface area contributed by atoms with Crippen molar-refractivity contribution in [3.05, 3.63) is 63.5 Å². The number of oxime groups is 1. The number of rotatable bonds is 5. The van der Waals surface area contributed by atoms with Crippen LogP contribution in [-0.2, 0) is 20.8 Å². The van der Waals surface area contributed by atoms with E-state index < -0.39 is 22.3 Å². The summed E-state index contributed by atoms with van der Waals surface area (Å²) in [7, 11) is 1.17. The molecule has 0 amide bonds. The third-order valence-corrected chi connectivity index (χ3v) is 4.77. The van der Waals surface area contributed by atoms with Gasteiger partial charge >= 0.3 is 5.97 Å². The predicted molar refractivity (Wildman–Crippen MR) is 96.3 cm³/mol. The first-order valence-electron chi connectivity index (χ1n) is 8.59. The minimum atomic E-state index is -1.68. The molecule has 4 rings (SSSR count). The molecule has 0 bridgehead atoms. The quantitative estimate of drug-likeness (QED) is 0.430. The maximum absolute atomic E-state index is 14.2. The summed E-state index contributed by atoms with van der Waals surface area (Å²) in [5.74, 6) is -0.744. The average molecular weight is 402 g/mol. The highest BCUT2D eigenvalue weighted by Gasteiger charge is 2.50. The Morgan fingerprint density at radius 3 is 2.72 bits per heavy atom. The van der Waals surface area contributed by atoms with E-state index in [1.807, 2.05) is 0 Å². The molecule has 0 aliphatic carbocycles. The fourth-order valence-corrected chi connectivity index (χ4v) is 3.37. The first kappa shape index (κ1) is 18.7. The highest BCUT2D eigenvalue weighted by molar-refractivity contribution is 6.05. The lowest BCUT2D eigenvalue weighted by Crippen LogP contribution is -2.42. The summed E-state index contributed by atoms with van der Waals surface area (Å²) in [4.78, 5) is 29.0. The summed E-state index contributed by atoms with van der Waals surface area (Å²) in [5, 5.41) is 15.4. The number of halogens is 1. The smallest absolute Gasteiger partial charge is 0.353 e. The number of benzene rings is 2. The number of methoxy groups -OCH3 is 1. The van der Waals surface area contributed by atoms with E-state index in [0.717, 1.165) is 0 Å². The van der Waals surface area contributed by atoms with Crippen LogP contribution in [0.1, 0.15) is 17.5 Å². The second-order valence-corrected chi connectivity index (χ2v) is 6.54. The summed E-state index contributed by atoms with van der Waals surface area (Å²) in [6, 6.07) is 8.58. The second kappa shape index (κ2) is 7.04. The van der Waals surface area contributed by atoms with Gasteiger partial charge in [0.15, 0.2) is 11.5 Å². The van der Waals surface area contributed by atoms with E-state index in [1.165, 1.54) is 37.4 Å². The molecule has 0 fully saturated rings. The zero-order valence-electron chi connectivity index (χ0n) is 15.2. The van der Waals surface area contributed by atoms with Crippen molar-refractivity contribution in [1.29, 1.82) is 0 Å².